The molecule has 0 radical (unpaired) electrons. The zero-order valence-electron chi connectivity index (χ0n) is 24.1. The van der Waals surface area contributed by atoms with E-state index in [4.69, 9.17) is 9.47 Å². The van der Waals surface area contributed by atoms with E-state index < -0.39 is 5.82 Å². The summed E-state index contributed by atoms with van der Waals surface area (Å²) < 4.78 is 27.0. The van der Waals surface area contributed by atoms with Crippen LogP contribution in [0.15, 0.2) is 36.8 Å². The summed E-state index contributed by atoms with van der Waals surface area (Å²) in [7, 11) is 0. The van der Waals surface area contributed by atoms with Gasteiger partial charge < -0.3 is 24.6 Å². The van der Waals surface area contributed by atoms with Crippen molar-refractivity contribution in [1.29, 1.82) is 0 Å². The molecule has 3 fully saturated rings. The molecule has 2 saturated carbocycles. The Bertz CT molecular complexity index is 1480. The number of carbonyl (C=O) groups is 1. The topological polar surface area (TPSA) is 106 Å². The van der Waals surface area contributed by atoms with Crippen molar-refractivity contribution in [2.45, 2.75) is 77.1 Å². The number of aromatic nitrogens is 4. The number of halogens is 1. The molecule has 10 nitrogen and oxygen atoms in total. The molecule has 1 aromatic carbocycles. The van der Waals surface area contributed by atoms with Gasteiger partial charge in [-0.05, 0) is 83.2 Å². The quantitative estimate of drug-likeness (QED) is 0.422. The third-order valence-corrected chi connectivity index (χ3v) is 9.12. The highest BCUT2D eigenvalue weighted by Crippen LogP contribution is 2.52. The van der Waals surface area contributed by atoms with E-state index in [-0.39, 0.29) is 46.7 Å². The van der Waals surface area contributed by atoms with Gasteiger partial charge in [-0.15, -0.1) is 10.2 Å². The summed E-state index contributed by atoms with van der Waals surface area (Å²) in [5.41, 5.74) is 2.65. The Labute approximate surface area is 244 Å². The van der Waals surface area contributed by atoms with Crippen LogP contribution < -0.4 is 19.7 Å². The lowest BCUT2D eigenvalue weighted by atomic mass is 9.61. The number of fused-ring (bicyclic) bond motifs is 1. The van der Waals surface area contributed by atoms with Gasteiger partial charge in [0.2, 0.25) is 0 Å². The van der Waals surface area contributed by atoms with E-state index in [1.165, 1.54) is 30.1 Å². The molecule has 2 aliphatic heterocycles. The van der Waals surface area contributed by atoms with Crippen LogP contribution in [0.25, 0.3) is 0 Å². The smallest absolute Gasteiger partial charge is 0.282 e. The Morgan fingerprint density at radius 3 is 2.76 bits per heavy atom. The minimum Gasteiger partial charge on any atom is -0.490 e. The highest BCUT2D eigenvalue weighted by Gasteiger charge is 2.54. The van der Waals surface area contributed by atoms with E-state index in [0.717, 1.165) is 76.1 Å². The molecule has 2 aliphatic carbocycles. The van der Waals surface area contributed by atoms with Gasteiger partial charge in [0.05, 0.1) is 11.3 Å². The molecule has 3 aromatic rings. The molecular weight excluding hydrogens is 537 g/mol. The average Bonchev–Trinajstić information content (AvgIpc) is 2.92. The van der Waals surface area contributed by atoms with Gasteiger partial charge in [0.25, 0.3) is 11.8 Å². The van der Waals surface area contributed by atoms with Crippen molar-refractivity contribution >= 4 is 11.7 Å². The van der Waals surface area contributed by atoms with Crippen LogP contribution in [0.1, 0.15) is 67.6 Å². The van der Waals surface area contributed by atoms with E-state index in [1.54, 1.807) is 0 Å². The maximum Gasteiger partial charge on any atom is 0.282 e. The SMILES string of the molecule is CC(C)N(C(=O)c1cc(F)ccc1Oc1nncnc1N1CC2(CC(Oc3ccnc4c3CCNC4)C2)C1)C1CCC1. The van der Waals surface area contributed by atoms with Crippen LogP contribution in [0.3, 0.4) is 0 Å². The molecule has 42 heavy (non-hydrogen) atoms. The lowest BCUT2D eigenvalue weighted by Gasteiger charge is -2.58. The number of anilines is 1. The molecule has 4 aliphatic rings. The summed E-state index contributed by atoms with van der Waals surface area (Å²) in [6.45, 7) is 7.31. The summed E-state index contributed by atoms with van der Waals surface area (Å²) in [5.74, 6) is 1.26. The zero-order chi connectivity index (χ0) is 28.8. The minimum absolute atomic E-state index is 0.0128. The summed E-state index contributed by atoms with van der Waals surface area (Å²) in [6.07, 6.45) is 9.29. The van der Waals surface area contributed by atoms with Crippen LogP contribution in [-0.2, 0) is 13.0 Å². The normalized spacial score (nSPS) is 19.5. The number of hydrogen-bond donors (Lipinski definition) is 1. The molecule has 1 saturated heterocycles. The van der Waals surface area contributed by atoms with Crippen LogP contribution in [-0.4, -0.2) is 68.8 Å². The van der Waals surface area contributed by atoms with Gasteiger partial charge >= 0.3 is 0 Å². The number of hydrogen-bond acceptors (Lipinski definition) is 9. The van der Waals surface area contributed by atoms with E-state index in [0.29, 0.717) is 5.82 Å². The number of nitrogens with one attached hydrogen (secondary N) is 1. The predicted molar refractivity (Wildman–Crippen MR) is 153 cm³/mol. The van der Waals surface area contributed by atoms with Gasteiger partial charge in [-0.2, -0.15) is 0 Å². The number of pyridine rings is 1. The van der Waals surface area contributed by atoms with Gasteiger partial charge in [0, 0.05) is 48.9 Å². The fourth-order valence-electron chi connectivity index (χ4n) is 6.84. The molecule has 7 rings (SSSR count). The molecule has 1 spiro atoms. The highest BCUT2D eigenvalue weighted by molar-refractivity contribution is 5.97. The van der Waals surface area contributed by atoms with Crippen molar-refractivity contribution in [1.82, 2.24) is 30.4 Å². The fourth-order valence-corrected chi connectivity index (χ4v) is 6.84. The first kappa shape index (κ1) is 27.0. The maximum atomic E-state index is 14.4. The Hall–Kier alpha value is -3.86. The molecule has 0 unspecified atom stereocenters. The Kier molecular flexibility index (Phi) is 6.92. The molecule has 1 N–H and O–H groups in total. The second kappa shape index (κ2) is 10.8. The number of nitrogens with zero attached hydrogens (tertiary/aromatic N) is 6. The second-order valence-electron chi connectivity index (χ2n) is 12.4. The number of ether oxygens (including phenoxy) is 2. The first-order valence-corrected chi connectivity index (χ1v) is 15.0. The predicted octanol–water partition coefficient (Wildman–Crippen LogP) is 4.29. The van der Waals surface area contributed by atoms with Crippen molar-refractivity contribution in [3.63, 3.8) is 0 Å². The number of amides is 1. The summed E-state index contributed by atoms with van der Waals surface area (Å²) >= 11 is 0. The summed E-state index contributed by atoms with van der Waals surface area (Å²) in [5, 5.41) is 11.5. The Balaban J connectivity index is 1.03. The zero-order valence-corrected chi connectivity index (χ0v) is 24.1. The molecule has 220 valence electrons. The number of benzene rings is 1. The van der Waals surface area contributed by atoms with E-state index in [9.17, 15) is 9.18 Å². The van der Waals surface area contributed by atoms with Gasteiger partial charge in [-0.25, -0.2) is 9.37 Å². The molecular formula is C31H36FN7O3. The van der Waals surface area contributed by atoms with Crippen LogP contribution >= 0.6 is 0 Å². The minimum atomic E-state index is -0.490. The van der Waals surface area contributed by atoms with Gasteiger partial charge in [-0.1, -0.05) is 0 Å². The van der Waals surface area contributed by atoms with Crippen LogP contribution in [0.4, 0.5) is 10.2 Å². The van der Waals surface area contributed by atoms with Crippen LogP contribution in [0.5, 0.6) is 17.4 Å². The fraction of sp³-hybridized carbons (Fsp3) is 0.516. The summed E-state index contributed by atoms with van der Waals surface area (Å²) in [6, 6.07) is 6.16. The Morgan fingerprint density at radius 2 is 2.00 bits per heavy atom. The van der Waals surface area contributed by atoms with Crippen molar-refractivity contribution in [2.24, 2.45) is 5.41 Å². The van der Waals surface area contributed by atoms with E-state index in [1.807, 2.05) is 31.0 Å². The lowest BCUT2D eigenvalue weighted by molar-refractivity contribution is -0.0350. The average molecular weight is 574 g/mol. The third kappa shape index (κ3) is 4.93. The van der Waals surface area contributed by atoms with E-state index >= 15 is 0 Å². The second-order valence-corrected chi connectivity index (χ2v) is 12.4. The standard InChI is InChI=1S/C31H36FN7O3/c1-19(2)39(21-4-3-5-21)30(40)24-12-20(32)6-7-26(24)42-29-28(35-18-36-37-29)38-16-31(17-38)13-22(14-31)41-27-9-11-34-25-15-33-10-8-23(25)27/h6-7,9,11-12,18-19,21-22,33H,3-5,8,10,13-17H2,1-2H3. The first-order valence-electron chi connectivity index (χ1n) is 15.0. The summed E-state index contributed by atoms with van der Waals surface area (Å²) in [4.78, 5) is 26.6. The first-order chi connectivity index (χ1) is 20.4. The van der Waals surface area contributed by atoms with Gasteiger partial charge in [-0.3, -0.25) is 9.78 Å². The molecule has 0 atom stereocenters. The molecule has 1 amide bonds. The Morgan fingerprint density at radius 1 is 1.17 bits per heavy atom. The molecule has 11 heteroatoms. The molecule has 2 aromatic heterocycles. The maximum absolute atomic E-state index is 14.4. The largest absolute Gasteiger partial charge is 0.490 e. The van der Waals surface area contributed by atoms with Gasteiger partial charge in [0.1, 0.15) is 29.7 Å². The molecule has 0 bridgehead atoms. The molecule has 4 heterocycles. The lowest BCUT2D eigenvalue weighted by Crippen LogP contribution is -2.65. The van der Waals surface area contributed by atoms with Crippen molar-refractivity contribution in [3.05, 3.63) is 59.4 Å². The van der Waals surface area contributed by atoms with Crippen LogP contribution in [0, 0.1) is 11.2 Å². The van der Waals surface area contributed by atoms with Crippen molar-refractivity contribution < 1.29 is 18.7 Å². The van der Waals surface area contributed by atoms with Gasteiger partial charge in [0.15, 0.2) is 5.82 Å². The van der Waals surface area contributed by atoms with Crippen LogP contribution in [0.2, 0.25) is 0 Å². The number of carbonyl (C=O) groups excluding carboxylic acids is 1. The number of rotatable bonds is 8. The third-order valence-electron chi connectivity index (χ3n) is 9.12. The monoisotopic (exact) mass is 573 g/mol. The highest BCUT2D eigenvalue weighted by atomic mass is 19.1. The van der Waals surface area contributed by atoms with Crippen molar-refractivity contribution in [2.75, 3.05) is 24.5 Å². The van der Waals surface area contributed by atoms with Crippen molar-refractivity contribution in [3.8, 4) is 17.4 Å². The van der Waals surface area contributed by atoms with E-state index in [2.05, 4.69) is 30.4 Å².